The molecule has 0 atom stereocenters. The average Bonchev–Trinajstić information content (AvgIpc) is 2.91. The summed E-state index contributed by atoms with van der Waals surface area (Å²) in [5.74, 6) is 0. The number of anilines is 1. The van der Waals surface area contributed by atoms with Gasteiger partial charge in [0.05, 0.1) is 0 Å². The molecule has 0 aliphatic heterocycles. The van der Waals surface area contributed by atoms with Gasteiger partial charge >= 0.3 is 0 Å². The summed E-state index contributed by atoms with van der Waals surface area (Å²) in [6.07, 6.45) is 14.7. The van der Waals surface area contributed by atoms with Gasteiger partial charge in [-0.25, -0.2) is 0 Å². The number of hydrogen-bond donors (Lipinski definition) is 0. The van der Waals surface area contributed by atoms with Gasteiger partial charge in [0.25, 0.3) is 0 Å². The van der Waals surface area contributed by atoms with Crippen LogP contribution in [0.4, 0.5) is 5.69 Å². The number of rotatable bonds is 13. The van der Waals surface area contributed by atoms with E-state index in [2.05, 4.69) is 97.9 Å². The van der Waals surface area contributed by atoms with Crippen LogP contribution in [0.25, 0.3) is 32.3 Å². The first-order chi connectivity index (χ1) is 17.7. The van der Waals surface area contributed by atoms with Crippen LogP contribution in [-0.2, 0) is 12.8 Å². The molecule has 1 nitrogen and oxygen atoms in total. The molecule has 5 aromatic rings. The van der Waals surface area contributed by atoms with E-state index in [1.54, 1.807) is 0 Å². The van der Waals surface area contributed by atoms with Gasteiger partial charge in [-0.3, -0.25) is 0 Å². The molecule has 0 heterocycles. The minimum atomic E-state index is 1.20. The standard InChI is InChI=1S/C35H41N/c1-36(2)32-24-17-27(18-25-32)13-10-8-6-4-3-5-7-9-11-14-28-19-20-31-22-21-29-15-12-16-30-23-26-33(28)35(31)34(29)30/h12,15-26H,3-11,13-14H2,1-2H3. The van der Waals surface area contributed by atoms with Crippen molar-refractivity contribution in [2.45, 2.75) is 70.6 Å². The first-order valence-electron chi connectivity index (χ1n) is 14.1. The molecule has 5 aromatic carbocycles. The van der Waals surface area contributed by atoms with Gasteiger partial charge in [-0.05, 0) is 81.3 Å². The summed E-state index contributed by atoms with van der Waals surface area (Å²) in [6, 6.07) is 29.7. The lowest BCUT2D eigenvalue weighted by molar-refractivity contribution is 0.559. The molecular weight excluding hydrogens is 434 g/mol. The molecule has 0 N–H and O–H groups in total. The number of benzene rings is 5. The number of nitrogens with zero attached hydrogens (tertiary/aromatic N) is 1. The fourth-order valence-corrected chi connectivity index (χ4v) is 5.86. The smallest absolute Gasteiger partial charge is 0.0361 e. The second-order valence-electron chi connectivity index (χ2n) is 10.8. The molecule has 0 saturated carbocycles. The zero-order valence-corrected chi connectivity index (χ0v) is 22.2. The SMILES string of the molecule is CN(C)c1ccc(CCCCCCCCCCCc2ccc3ccc4cccc5ccc2c3c45)cc1. The molecule has 0 amide bonds. The second kappa shape index (κ2) is 11.8. The lowest BCUT2D eigenvalue weighted by Gasteiger charge is -2.14. The summed E-state index contributed by atoms with van der Waals surface area (Å²) in [4.78, 5) is 2.16. The average molecular weight is 476 g/mol. The van der Waals surface area contributed by atoms with Crippen molar-refractivity contribution in [3.63, 3.8) is 0 Å². The summed E-state index contributed by atoms with van der Waals surface area (Å²) in [5.41, 5.74) is 4.29. The van der Waals surface area contributed by atoms with Gasteiger partial charge in [0.15, 0.2) is 0 Å². The maximum atomic E-state index is 2.37. The van der Waals surface area contributed by atoms with Crippen LogP contribution in [0.5, 0.6) is 0 Å². The summed E-state index contributed by atoms with van der Waals surface area (Å²) in [6.45, 7) is 0. The maximum Gasteiger partial charge on any atom is 0.0361 e. The predicted octanol–water partition coefficient (Wildman–Crippen LogP) is 9.95. The molecule has 0 spiro atoms. The zero-order chi connectivity index (χ0) is 24.7. The van der Waals surface area contributed by atoms with E-state index in [0.29, 0.717) is 0 Å². The minimum Gasteiger partial charge on any atom is -0.378 e. The fourth-order valence-electron chi connectivity index (χ4n) is 5.86. The van der Waals surface area contributed by atoms with Crippen LogP contribution in [-0.4, -0.2) is 14.1 Å². The first-order valence-corrected chi connectivity index (χ1v) is 14.1. The van der Waals surface area contributed by atoms with Gasteiger partial charge in [-0.15, -0.1) is 0 Å². The quantitative estimate of drug-likeness (QED) is 0.121. The molecule has 0 aliphatic carbocycles. The highest BCUT2D eigenvalue weighted by Crippen LogP contribution is 2.36. The number of unbranched alkanes of at least 4 members (excludes halogenated alkanes) is 8. The second-order valence-corrected chi connectivity index (χ2v) is 10.8. The summed E-state index contributed by atoms with van der Waals surface area (Å²) in [7, 11) is 4.20. The van der Waals surface area contributed by atoms with Crippen LogP contribution in [0.1, 0.15) is 68.9 Å². The van der Waals surface area contributed by atoms with E-state index in [9.17, 15) is 0 Å². The highest BCUT2D eigenvalue weighted by atomic mass is 15.1. The van der Waals surface area contributed by atoms with Gasteiger partial charge in [0.2, 0.25) is 0 Å². The Kier molecular flexibility index (Phi) is 8.06. The predicted molar refractivity (Wildman–Crippen MR) is 160 cm³/mol. The van der Waals surface area contributed by atoms with Crippen molar-refractivity contribution in [1.29, 1.82) is 0 Å². The zero-order valence-electron chi connectivity index (χ0n) is 22.2. The van der Waals surface area contributed by atoms with Crippen LogP contribution >= 0.6 is 0 Å². The molecule has 5 rings (SSSR count). The maximum absolute atomic E-state index is 2.37. The largest absolute Gasteiger partial charge is 0.378 e. The third-order valence-corrected chi connectivity index (χ3v) is 7.98. The summed E-state index contributed by atoms with van der Waals surface area (Å²) in [5, 5.41) is 8.47. The molecule has 0 fully saturated rings. The monoisotopic (exact) mass is 475 g/mol. The molecule has 1 heteroatoms. The highest BCUT2D eigenvalue weighted by molar-refractivity contribution is 6.23. The Bertz CT molecular complexity index is 1360. The molecule has 0 unspecified atom stereocenters. The van der Waals surface area contributed by atoms with Crippen molar-refractivity contribution in [3.05, 3.63) is 90.0 Å². The normalized spacial score (nSPS) is 11.7. The van der Waals surface area contributed by atoms with E-state index in [1.165, 1.54) is 120 Å². The van der Waals surface area contributed by atoms with E-state index in [1.807, 2.05) is 0 Å². The number of aryl methyl sites for hydroxylation is 2. The summed E-state index contributed by atoms with van der Waals surface area (Å²) < 4.78 is 0. The van der Waals surface area contributed by atoms with Crippen LogP contribution in [0.2, 0.25) is 0 Å². The van der Waals surface area contributed by atoms with Crippen molar-refractivity contribution >= 4 is 38.0 Å². The molecule has 0 aliphatic rings. The molecule has 0 saturated heterocycles. The van der Waals surface area contributed by atoms with E-state index in [-0.39, 0.29) is 0 Å². The van der Waals surface area contributed by atoms with Crippen molar-refractivity contribution in [1.82, 2.24) is 0 Å². The van der Waals surface area contributed by atoms with Crippen LogP contribution < -0.4 is 4.90 Å². The third kappa shape index (κ3) is 5.67. The Labute approximate surface area is 217 Å². The molecule has 36 heavy (non-hydrogen) atoms. The van der Waals surface area contributed by atoms with E-state index < -0.39 is 0 Å². The number of hydrogen-bond acceptors (Lipinski definition) is 1. The van der Waals surface area contributed by atoms with Gasteiger partial charge < -0.3 is 4.90 Å². The molecule has 0 radical (unpaired) electrons. The van der Waals surface area contributed by atoms with Crippen molar-refractivity contribution in [2.75, 3.05) is 19.0 Å². The van der Waals surface area contributed by atoms with Crippen LogP contribution in [0.3, 0.4) is 0 Å². The molecule has 0 aromatic heterocycles. The van der Waals surface area contributed by atoms with Crippen LogP contribution in [0.15, 0.2) is 78.9 Å². The lowest BCUT2D eigenvalue weighted by Crippen LogP contribution is -2.08. The molecular formula is C35H41N. The van der Waals surface area contributed by atoms with Gasteiger partial charge in [-0.2, -0.15) is 0 Å². The van der Waals surface area contributed by atoms with E-state index in [0.717, 1.165) is 0 Å². The highest BCUT2D eigenvalue weighted by Gasteiger charge is 2.10. The molecule has 186 valence electrons. The minimum absolute atomic E-state index is 1.20. The Hall–Kier alpha value is -3.06. The molecule has 0 bridgehead atoms. The first kappa shape index (κ1) is 24.6. The van der Waals surface area contributed by atoms with Gasteiger partial charge in [0, 0.05) is 19.8 Å². The Morgan fingerprint density at radius 2 is 1.00 bits per heavy atom. The third-order valence-electron chi connectivity index (χ3n) is 7.98. The van der Waals surface area contributed by atoms with Crippen LogP contribution in [0, 0.1) is 0 Å². The Morgan fingerprint density at radius 1 is 0.472 bits per heavy atom. The fraction of sp³-hybridized carbons (Fsp3) is 0.371. The lowest BCUT2D eigenvalue weighted by atomic mass is 9.90. The summed E-state index contributed by atoms with van der Waals surface area (Å²) >= 11 is 0. The Balaban J connectivity index is 0.993. The van der Waals surface area contributed by atoms with Crippen molar-refractivity contribution < 1.29 is 0 Å². The van der Waals surface area contributed by atoms with E-state index in [4.69, 9.17) is 0 Å². The van der Waals surface area contributed by atoms with Gasteiger partial charge in [0.1, 0.15) is 0 Å². The topological polar surface area (TPSA) is 3.24 Å². The Morgan fingerprint density at radius 3 is 1.64 bits per heavy atom. The van der Waals surface area contributed by atoms with Crippen molar-refractivity contribution in [2.24, 2.45) is 0 Å². The van der Waals surface area contributed by atoms with Crippen molar-refractivity contribution in [3.8, 4) is 0 Å². The van der Waals surface area contributed by atoms with Gasteiger partial charge in [-0.1, -0.05) is 112 Å². The van der Waals surface area contributed by atoms with E-state index >= 15 is 0 Å².